The van der Waals surface area contributed by atoms with Gasteiger partial charge in [0.05, 0.1) is 19.1 Å². The number of aliphatic hydroxyl groups excluding tert-OH is 2. The van der Waals surface area contributed by atoms with Gasteiger partial charge in [0.15, 0.2) is 0 Å². The molecule has 2 N–H and O–H groups in total. The lowest BCUT2D eigenvalue weighted by Gasteiger charge is -2.23. The summed E-state index contributed by atoms with van der Waals surface area (Å²) < 4.78 is 10.9. The first-order valence-corrected chi connectivity index (χ1v) is 11.0. The van der Waals surface area contributed by atoms with Crippen molar-refractivity contribution in [3.05, 3.63) is 102 Å². The second-order valence-corrected chi connectivity index (χ2v) is 7.95. The SMILES string of the molecule is CN(C[C@H](O)c1cccc(OCc2ccccc2)c1)C(=O)C(O)CC(=O)OCc1ccccc1. The molecule has 7 nitrogen and oxygen atoms in total. The Balaban J connectivity index is 1.47. The summed E-state index contributed by atoms with van der Waals surface area (Å²) in [5, 5.41) is 20.8. The third-order valence-corrected chi connectivity index (χ3v) is 5.20. The van der Waals surface area contributed by atoms with Crippen molar-refractivity contribution in [3.63, 3.8) is 0 Å². The van der Waals surface area contributed by atoms with Crippen LogP contribution in [-0.2, 0) is 27.5 Å². The molecule has 3 rings (SSSR count). The molecule has 3 aromatic rings. The molecule has 1 amide bonds. The van der Waals surface area contributed by atoms with Crippen LogP contribution in [0.3, 0.4) is 0 Å². The lowest BCUT2D eigenvalue weighted by atomic mass is 10.1. The van der Waals surface area contributed by atoms with Crippen molar-refractivity contribution >= 4 is 11.9 Å². The Labute approximate surface area is 199 Å². The first kappa shape index (κ1) is 25.0. The lowest BCUT2D eigenvalue weighted by Crippen LogP contribution is -2.39. The summed E-state index contributed by atoms with van der Waals surface area (Å²) in [6.45, 7) is 0.403. The van der Waals surface area contributed by atoms with Gasteiger partial charge >= 0.3 is 5.97 Å². The molecule has 3 aromatic carbocycles. The van der Waals surface area contributed by atoms with Gasteiger partial charge in [-0.15, -0.1) is 0 Å². The van der Waals surface area contributed by atoms with Gasteiger partial charge in [-0.25, -0.2) is 0 Å². The number of benzene rings is 3. The van der Waals surface area contributed by atoms with Crippen LogP contribution in [0.25, 0.3) is 0 Å². The highest BCUT2D eigenvalue weighted by Gasteiger charge is 2.25. The van der Waals surface area contributed by atoms with Crippen molar-refractivity contribution < 1.29 is 29.3 Å². The van der Waals surface area contributed by atoms with Crippen LogP contribution in [0.2, 0.25) is 0 Å². The molecular formula is C27H29NO6. The molecule has 1 unspecified atom stereocenters. The zero-order valence-electron chi connectivity index (χ0n) is 19.0. The van der Waals surface area contributed by atoms with Crippen molar-refractivity contribution in [2.75, 3.05) is 13.6 Å². The average Bonchev–Trinajstić information content (AvgIpc) is 2.87. The molecule has 34 heavy (non-hydrogen) atoms. The van der Waals surface area contributed by atoms with Crippen molar-refractivity contribution in [3.8, 4) is 5.75 Å². The summed E-state index contributed by atoms with van der Waals surface area (Å²) in [6, 6.07) is 25.8. The van der Waals surface area contributed by atoms with E-state index >= 15 is 0 Å². The van der Waals surface area contributed by atoms with E-state index in [1.807, 2.05) is 60.7 Å². The molecule has 0 aliphatic heterocycles. The van der Waals surface area contributed by atoms with Gasteiger partial charge in [0.1, 0.15) is 25.1 Å². The van der Waals surface area contributed by atoms with E-state index in [2.05, 4.69) is 0 Å². The number of ether oxygens (including phenoxy) is 2. The van der Waals surface area contributed by atoms with E-state index in [0.717, 1.165) is 11.1 Å². The van der Waals surface area contributed by atoms with Gasteiger partial charge in [-0.05, 0) is 28.8 Å². The van der Waals surface area contributed by atoms with E-state index < -0.39 is 30.5 Å². The topological polar surface area (TPSA) is 96.3 Å². The summed E-state index contributed by atoms with van der Waals surface area (Å²) in [7, 11) is 1.46. The number of carbonyl (C=O) groups is 2. The zero-order valence-corrected chi connectivity index (χ0v) is 19.0. The van der Waals surface area contributed by atoms with Gasteiger partial charge in [-0.1, -0.05) is 72.8 Å². The van der Waals surface area contributed by atoms with Crippen LogP contribution in [0.1, 0.15) is 29.2 Å². The number of likely N-dealkylation sites (N-methyl/N-ethyl adjacent to an activating group) is 1. The molecule has 0 heterocycles. The Hall–Kier alpha value is -3.68. The number of hydrogen-bond acceptors (Lipinski definition) is 6. The maximum absolute atomic E-state index is 12.5. The first-order chi connectivity index (χ1) is 16.4. The van der Waals surface area contributed by atoms with Gasteiger partial charge in [0, 0.05) is 7.05 Å². The van der Waals surface area contributed by atoms with Gasteiger partial charge in [-0.2, -0.15) is 0 Å². The number of nitrogens with zero attached hydrogens (tertiary/aromatic N) is 1. The quantitative estimate of drug-likeness (QED) is 0.424. The Kier molecular flexibility index (Phi) is 9.20. The van der Waals surface area contributed by atoms with Crippen molar-refractivity contribution in [1.82, 2.24) is 4.90 Å². The van der Waals surface area contributed by atoms with Crippen LogP contribution in [0, 0.1) is 0 Å². The Morgan fingerprint density at radius 2 is 1.47 bits per heavy atom. The van der Waals surface area contributed by atoms with Gasteiger partial charge in [-0.3, -0.25) is 9.59 Å². The van der Waals surface area contributed by atoms with E-state index in [-0.39, 0.29) is 13.2 Å². The predicted molar refractivity (Wildman–Crippen MR) is 127 cm³/mol. The van der Waals surface area contributed by atoms with E-state index in [4.69, 9.17) is 9.47 Å². The molecule has 0 fully saturated rings. The number of amides is 1. The number of rotatable bonds is 11. The molecule has 178 valence electrons. The lowest BCUT2D eigenvalue weighted by molar-refractivity contribution is -0.153. The summed E-state index contributed by atoms with van der Waals surface area (Å²) in [5.41, 5.74) is 2.41. The summed E-state index contributed by atoms with van der Waals surface area (Å²) in [6.07, 6.45) is -3.01. The Morgan fingerprint density at radius 1 is 0.853 bits per heavy atom. The van der Waals surface area contributed by atoms with E-state index in [1.54, 1.807) is 24.3 Å². The fourth-order valence-electron chi connectivity index (χ4n) is 3.30. The molecular weight excluding hydrogens is 434 g/mol. The molecule has 0 bridgehead atoms. The zero-order chi connectivity index (χ0) is 24.3. The fourth-order valence-corrected chi connectivity index (χ4v) is 3.30. The normalized spacial score (nSPS) is 12.4. The first-order valence-electron chi connectivity index (χ1n) is 11.0. The third kappa shape index (κ3) is 7.72. The van der Waals surface area contributed by atoms with Gasteiger partial charge in [0.25, 0.3) is 5.91 Å². The molecule has 2 atom stereocenters. The van der Waals surface area contributed by atoms with Gasteiger partial charge in [0.2, 0.25) is 0 Å². The summed E-state index contributed by atoms with van der Waals surface area (Å²) in [4.78, 5) is 25.7. The number of hydrogen-bond donors (Lipinski definition) is 2. The van der Waals surface area contributed by atoms with Crippen molar-refractivity contribution in [2.24, 2.45) is 0 Å². The molecule has 0 saturated carbocycles. The highest BCUT2D eigenvalue weighted by molar-refractivity contribution is 5.85. The molecule has 0 spiro atoms. The van der Waals surface area contributed by atoms with Crippen molar-refractivity contribution in [1.29, 1.82) is 0 Å². The average molecular weight is 464 g/mol. The Bertz CT molecular complexity index is 1060. The second-order valence-electron chi connectivity index (χ2n) is 7.95. The molecule has 0 aliphatic rings. The smallest absolute Gasteiger partial charge is 0.309 e. The number of carbonyl (C=O) groups excluding carboxylic acids is 2. The standard InChI is InChI=1S/C27H29NO6/c1-28(27(32)24(29)16-26(31)34-19-21-11-6-3-7-12-21)17-25(30)22-13-8-14-23(15-22)33-18-20-9-4-2-5-10-20/h2-15,24-25,29-30H,16-19H2,1H3/t24?,25-/m0/s1. The monoisotopic (exact) mass is 463 g/mol. The number of aliphatic hydroxyl groups is 2. The number of esters is 1. The summed E-state index contributed by atoms with van der Waals surface area (Å²) in [5.74, 6) is -0.760. The maximum Gasteiger partial charge on any atom is 0.309 e. The Morgan fingerprint density at radius 3 is 2.12 bits per heavy atom. The molecule has 0 aromatic heterocycles. The predicted octanol–water partition coefficient (Wildman–Crippen LogP) is 3.25. The van der Waals surface area contributed by atoms with Crippen molar-refractivity contribution in [2.45, 2.75) is 31.8 Å². The van der Waals surface area contributed by atoms with Crippen LogP contribution >= 0.6 is 0 Å². The van der Waals surface area contributed by atoms with E-state index in [9.17, 15) is 19.8 Å². The third-order valence-electron chi connectivity index (χ3n) is 5.20. The van der Waals surface area contributed by atoms with Gasteiger partial charge < -0.3 is 24.6 Å². The van der Waals surface area contributed by atoms with E-state index in [0.29, 0.717) is 17.9 Å². The van der Waals surface area contributed by atoms with Crippen LogP contribution in [0.4, 0.5) is 0 Å². The minimum Gasteiger partial charge on any atom is -0.489 e. The molecule has 0 aliphatic carbocycles. The highest BCUT2D eigenvalue weighted by atomic mass is 16.5. The summed E-state index contributed by atoms with van der Waals surface area (Å²) >= 11 is 0. The molecule has 0 radical (unpaired) electrons. The largest absolute Gasteiger partial charge is 0.489 e. The van der Waals surface area contributed by atoms with E-state index in [1.165, 1.54) is 11.9 Å². The minimum atomic E-state index is -1.55. The van der Waals surface area contributed by atoms with Crippen LogP contribution < -0.4 is 4.74 Å². The van der Waals surface area contributed by atoms with Crippen LogP contribution in [0.5, 0.6) is 5.75 Å². The second kappa shape index (κ2) is 12.5. The van der Waals surface area contributed by atoms with Crippen LogP contribution in [-0.4, -0.2) is 46.7 Å². The molecule has 7 heteroatoms. The fraction of sp³-hybridized carbons (Fsp3) is 0.259. The minimum absolute atomic E-state index is 0.0584. The highest BCUT2D eigenvalue weighted by Crippen LogP contribution is 2.21. The molecule has 0 saturated heterocycles. The van der Waals surface area contributed by atoms with Crippen LogP contribution in [0.15, 0.2) is 84.9 Å². The maximum atomic E-state index is 12.5.